The first-order valence-corrected chi connectivity index (χ1v) is 10.7. The van der Waals surface area contributed by atoms with Gasteiger partial charge in [-0.2, -0.15) is 0 Å². The van der Waals surface area contributed by atoms with Gasteiger partial charge < -0.3 is 24.8 Å². The minimum absolute atomic E-state index is 0.0862. The Balaban J connectivity index is 1.51. The molecular weight excluding hydrogens is 385 g/mol. The molecule has 2 heterocycles. The number of rotatable bonds is 5. The number of guanidine groups is 1. The molecule has 1 aromatic rings. The molecule has 2 fully saturated rings. The molecule has 0 aromatic heterocycles. The molecular formula is C22H34FN5O2. The zero-order valence-corrected chi connectivity index (χ0v) is 18.4. The summed E-state index contributed by atoms with van der Waals surface area (Å²) >= 11 is 0. The van der Waals surface area contributed by atoms with Crippen LogP contribution in [-0.4, -0.2) is 87.1 Å². The molecule has 166 valence electrons. The van der Waals surface area contributed by atoms with Gasteiger partial charge in [0.2, 0.25) is 5.91 Å². The van der Waals surface area contributed by atoms with Crippen molar-refractivity contribution in [2.75, 3.05) is 60.5 Å². The second kappa shape index (κ2) is 10.7. The monoisotopic (exact) mass is 419 g/mol. The van der Waals surface area contributed by atoms with Crippen molar-refractivity contribution in [3.8, 4) is 0 Å². The molecule has 30 heavy (non-hydrogen) atoms. The number of piperidine rings is 1. The fourth-order valence-corrected chi connectivity index (χ4v) is 4.09. The van der Waals surface area contributed by atoms with Crippen LogP contribution >= 0.6 is 0 Å². The lowest BCUT2D eigenvalue weighted by Crippen LogP contribution is -2.49. The molecule has 0 unspecified atom stereocenters. The number of hydrogen-bond donors (Lipinski definition) is 1. The summed E-state index contributed by atoms with van der Waals surface area (Å²) in [4.78, 5) is 23.2. The molecule has 3 rings (SSSR count). The molecule has 1 amide bonds. The number of carbonyl (C=O) groups excluding carboxylic acids is 1. The van der Waals surface area contributed by atoms with Crippen molar-refractivity contribution in [2.24, 2.45) is 10.9 Å². The smallest absolute Gasteiger partial charge is 0.225 e. The minimum Gasteiger partial charge on any atom is -0.378 e. The molecule has 1 aromatic carbocycles. The van der Waals surface area contributed by atoms with Crippen LogP contribution in [-0.2, 0) is 22.6 Å². The van der Waals surface area contributed by atoms with E-state index in [1.807, 2.05) is 36.0 Å². The maximum Gasteiger partial charge on any atom is 0.225 e. The highest BCUT2D eigenvalue weighted by molar-refractivity contribution is 5.81. The highest BCUT2D eigenvalue weighted by Crippen LogP contribution is 2.20. The Kier molecular flexibility index (Phi) is 8.04. The van der Waals surface area contributed by atoms with Crippen LogP contribution in [0.3, 0.4) is 0 Å². The Bertz CT molecular complexity index is 741. The van der Waals surface area contributed by atoms with Gasteiger partial charge in [-0.3, -0.25) is 9.79 Å². The Labute approximate surface area is 178 Å². The molecule has 2 saturated heterocycles. The van der Waals surface area contributed by atoms with Crippen molar-refractivity contribution in [1.82, 2.24) is 20.0 Å². The third-order valence-corrected chi connectivity index (χ3v) is 5.73. The largest absolute Gasteiger partial charge is 0.378 e. The molecule has 0 spiro atoms. The average Bonchev–Trinajstić information content (AvgIpc) is 2.76. The summed E-state index contributed by atoms with van der Waals surface area (Å²) in [5.74, 6) is 0.998. The molecule has 1 N–H and O–H groups in total. The predicted octanol–water partition coefficient (Wildman–Crippen LogP) is 1.53. The van der Waals surface area contributed by atoms with E-state index in [0.717, 1.165) is 37.5 Å². The average molecular weight is 420 g/mol. The Hall–Kier alpha value is -2.19. The number of benzene rings is 1. The van der Waals surface area contributed by atoms with E-state index in [2.05, 4.69) is 15.2 Å². The number of amides is 1. The number of hydrogen-bond acceptors (Lipinski definition) is 4. The van der Waals surface area contributed by atoms with Crippen LogP contribution in [0.1, 0.15) is 24.0 Å². The topological polar surface area (TPSA) is 60.4 Å². The second-order valence-corrected chi connectivity index (χ2v) is 8.26. The number of carbonyl (C=O) groups is 1. The van der Waals surface area contributed by atoms with E-state index in [4.69, 9.17) is 4.74 Å². The van der Waals surface area contributed by atoms with E-state index in [1.165, 1.54) is 6.07 Å². The van der Waals surface area contributed by atoms with Crippen molar-refractivity contribution < 1.29 is 13.9 Å². The normalized spacial score (nSPS) is 18.8. The van der Waals surface area contributed by atoms with Crippen LogP contribution in [0.4, 0.5) is 4.39 Å². The van der Waals surface area contributed by atoms with Crippen molar-refractivity contribution in [3.63, 3.8) is 0 Å². The number of aliphatic imine (C=N–C) groups is 1. The first-order valence-electron chi connectivity index (χ1n) is 10.7. The molecule has 8 heteroatoms. The molecule has 0 aliphatic carbocycles. The summed E-state index contributed by atoms with van der Waals surface area (Å²) in [5.41, 5.74) is 1.71. The molecule has 7 nitrogen and oxygen atoms in total. The van der Waals surface area contributed by atoms with Gasteiger partial charge in [0.25, 0.3) is 0 Å². The van der Waals surface area contributed by atoms with Crippen molar-refractivity contribution in [1.29, 1.82) is 0 Å². The van der Waals surface area contributed by atoms with E-state index in [1.54, 1.807) is 7.05 Å². The summed E-state index contributed by atoms with van der Waals surface area (Å²) in [5, 5.41) is 3.39. The third-order valence-electron chi connectivity index (χ3n) is 5.73. The van der Waals surface area contributed by atoms with E-state index < -0.39 is 0 Å². The lowest BCUT2D eigenvalue weighted by molar-refractivity contribution is -0.140. The number of nitrogens with one attached hydrogen (secondary N) is 1. The summed E-state index contributed by atoms with van der Waals surface area (Å²) in [6.07, 6.45) is 1.67. The van der Waals surface area contributed by atoms with Crippen molar-refractivity contribution in [3.05, 3.63) is 35.1 Å². The van der Waals surface area contributed by atoms with E-state index in [-0.39, 0.29) is 17.6 Å². The van der Waals surface area contributed by atoms with Gasteiger partial charge in [0, 0.05) is 57.8 Å². The Morgan fingerprint density at radius 3 is 2.53 bits per heavy atom. The summed E-state index contributed by atoms with van der Waals surface area (Å²) < 4.78 is 19.4. The van der Waals surface area contributed by atoms with E-state index in [0.29, 0.717) is 45.0 Å². The van der Waals surface area contributed by atoms with Gasteiger partial charge in [0.1, 0.15) is 5.82 Å². The number of likely N-dealkylation sites (tertiary alicyclic amines) is 1. The van der Waals surface area contributed by atoms with Crippen LogP contribution < -0.4 is 5.32 Å². The zero-order chi connectivity index (χ0) is 21.5. The van der Waals surface area contributed by atoms with E-state index in [9.17, 15) is 9.18 Å². The standard InChI is InChI=1S/C22H34FN5O2/c1-24-22(25-15-17-4-5-20(23)19(14-17)16-26(2)3)28-8-6-18(7-9-28)21(29)27-10-12-30-13-11-27/h4-5,14,18H,6-13,15-16H2,1-3H3,(H,24,25). The van der Waals surface area contributed by atoms with Gasteiger partial charge in [0.15, 0.2) is 5.96 Å². The predicted molar refractivity (Wildman–Crippen MR) is 116 cm³/mol. The number of morpholine rings is 1. The molecule has 0 atom stereocenters. The number of ether oxygens (including phenoxy) is 1. The summed E-state index contributed by atoms with van der Waals surface area (Å²) in [7, 11) is 5.63. The van der Waals surface area contributed by atoms with Gasteiger partial charge in [-0.05, 0) is 44.6 Å². The van der Waals surface area contributed by atoms with Crippen molar-refractivity contribution >= 4 is 11.9 Å². The molecule has 0 bridgehead atoms. The fraction of sp³-hybridized carbons (Fsp3) is 0.636. The lowest BCUT2D eigenvalue weighted by atomic mass is 9.95. The van der Waals surface area contributed by atoms with Gasteiger partial charge in [-0.1, -0.05) is 6.07 Å². The molecule has 2 aliphatic heterocycles. The SMILES string of the molecule is CN=C(NCc1ccc(F)c(CN(C)C)c1)N1CCC(C(=O)N2CCOCC2)CC1. The van der Waals surface area contributed by atoms with Crippen LogP contribution in [0.15, 0.2) is 23.2 Å². The van der Waals surface area contributed by atoms with Gasteiger partial charge >= 0.3 is 0 Å². The number of nitrogens with zero attached hydrogens (tertiary/aromatic N) is 4. The maximum atomic E-state index is 14.0. The highest BCUT2D eigenvalue weighted by Gasteiger charge is 2.30. The van der Waals surface area contributed by atoms with Gasteiger partial charge in [0.05, 0.1) is 13.2 Å². The van der Waals surface area contributed by atoms with E-state index >= 15 is 0 Å². The van der Waals surface area contributed by atoms with Crippen LogP contribution in [0.5, 0.6) is 0 Å². The molecule has 0 radical (unpaired) electrons. The summed E-state index contributed by atoms with van der Waals surface area (Å²) in [6.45, 7) is 5.44. The zero-order valence-electron chi connectivity index (χ0n) is 18.4. The maximum absolute atomic E-state index is 14.0. The highest BCUT2D eigenvalue weighted by atomic mass is 19.1. The lowest BCUT2D eigenvalue weighted by Gasteiger charge is -2.36. The van der Waals surface area contributed by atoms with Crippen molar-refractivity contribution in [2.45, 2.75) is 25.9 Å². The Morgan fingerprint density at radius 1 is 1.20 bits per heavy atom. The van der Waals surface area contributed by atoms with Crippen LogP contribution in [0.2, 0.25) is 0 Å². The second-order valence-electron chi connectivity index (χ2n) is 8.26. The first-order chi connectivity index (χ1) is 14.5. The quantitative estimate of drug-likeness (QED) is 0.580. The van der Waals surface area contributed by atoms with Gasteiger partial charge in [-0.15, -0.1) is 0 Å². The molecule has 2 aliphatic rings. The van der Waals surface area contributed by atoms with Gasteiger partial charge in [-0.25, -0.2) is 4.39 Å². The third kappa shape index (κ3) is 5.92. The number of halogens is 1. The minimum atomic E-state index is -0.177. The summed E-state index contributed by atoms with van der Waals surface area (Å²) in [6, 6.07) is 5.24. The van der Waals surface area contributed by atoms with Crippen LogP contribution in [0.25, 0.3) is 0 Å². The molecule has 0 saturated carbocycles. The van der Waals surface area contributed by atoms with Crippen LogP contribution in [0, 0.1) is 11.7 Å². The Morgan fingerprint density at radius 2 is 1.90 bits per heavy atom. The fourth-order valence-electron chi connectivity index (χ4n) is 4.09. The first kappa shape index (κ1) is 22.5.